The molecule has 146 valence electrons. The summed E-state index contributed by atoms with van der Waals surface area (Å²) in [6.07, 6.45) is 3.42. The number of carbonyl (C=O) groups is 1. The Balaban J connectivity index is 1.81. The lowest BCUT2D eigenvalue weighted by atomic mass is 10.0. The minimum absolute atomic E-state index is 0.0521. The summed E-state index contributed by atoms with van der Waals surface area (Å²) in [5.74, 6) is 1.19. The van der Waals surface area contributed by atoms with E-state index in [4.69, 9.17) is 9.84 Å². The first-order chi connectivity index (χ1) is 13.3. The van der Waals surface area contributed by atoms with Gasteiger partial charge in [0.05, 0.1) is 11.8 Å². The maximum atomic E-state index is 12.1. The molecule has 0 spiro atoms. The Kier molecular flexibility index (Phi) is 4.84. The van der Waals surface area contributed by atoms with Crippen molar-refractivity contribution in [1.82, 2.24) is 14.8 Å². The van der Waals surface area contributed by atoms with Gasteiger partial charge in [-0.25, -0.2) is 9.67 Å². The van der Waals surface area contributed by atoms with Crippen LogP contribution in [0.15, 0.2) is 35.2 Å². The molecule has 0 fully saturated rings. The number of hydrogen-bond acceptors (Lipinski definition) is 5. The second-order valence-corrected chi connectivity index (χ2v) is 13.9. The van der Waals surface area contributed by atoms with Gasteiger partial charge < -0.3 is 10.1 Å². The van der Waals surface area contributed by atoms with Crippen LogP contribution < -0.4 is 10.1 Å². The molecule has 0 saturated heterocycles. The fraction of sp³-hybridized carbons (Fsp3) is 0.350. The summed E-state index contributed by atoms with van der Waals surface area (Å²) >= 11 is 1.65. The van der Waals surface area contributed by atoms with Gasteiger partial charge in [0.15, 0.2) is 0 Å². The Morgan fingerprint density at radius 1 is 1.32 bits per heavy atom. The van der Waals surface area contributed by atoms with Crippen LogP contribution in [0.4, 0.5) is 5.82 Å². The molecule has 6 nitrogen and oxygen atoms in total. The monoisotopic (exact) mass is 412 g/mol. The number of hydrogen-bond donors (Lipinski definition) is 1. The fourth-order valence-electron chi connectivity index (χ4n) is 3.20. The zero-order valence-corrected chi connectivity index (χ0v) is 18.3. The molecule has 0 bridgehead atoms. The Labute approximate surface area is 169 Å². The van der Waals surface area contributed by atoms with Gasteiger partial charge in [0.25, 0.3) is 0 Å². The van der Waals surface area contributed by atoms with Crippen molar-refractivity contribution in [3.63, 3.8) is 0 Å². The SMILES string of the molecule is CC(C)C(=O)Nc1cc(-c2c(-c3ccsc3)nn3c2OC[Si](C)(C)C3)ccn1. The quantitative estimate of drug-likeness (QED) is 0.643. The van der Waals surface area contributed by atoms with E-state index in [9.17, 15) is 4.79 Å². The largest absolute Gasteiger partial charge is 0.481 e. The number of nitrogens with one attached hydrogen (secondary N) is 1. The summed E-state index contributed by atoms with van der Waals surface area (Å²) in [5, 5.41) is 11.9. The van der Waals surface area contributed by atoms with Gasteiger partial charge in [0.2, 0.25) is 11.8 Å². The summed E-state index contributed by atoms with van der Waals surface area (Å²) in [7, 11) is -1.47. The standard InChI is InChI=1S/C20H24N4O2SSi/c1-13(2)19(25)22-16-9-14(5-7-21-16)17-18(15-6-8-27-10-15)23-24-11-28(3,4)12-26-20(17)24/h5-10,13H,11-12H2,1-4H3,(H,21,22,25). The van der Waals surface area contributed by atoms with Crippen molar-refractivity contribution < 1.29 is 9.53 Å². The number of nitrogens with zero attached hydrogens (tertiary/aromatic N) is 3. The first kappa shape index (κ1) is 18.9. The third-order valence-electron chi connectivity index (χ3n) is 4.70. The molecule has 8 heteroatoms. The van der Waals surface area contributed by atoms with Gasteiger partial charge in [0.1, 0.15) is 19.6 Å². The summed E-state index contributed by atoms with van der Waals surface area (Å²) in [6, 6.07) is 5.92. The van der Waals surface area contributed by atoms with Crippen LogP contribution in [-0.2, 0) is 11.0 Å². The first-order valence-electron chi connectivity index (χ1n) is 9.37. The van der Waals surface area contributed by atoms with Crippen LogP contribution in [0, 0.1) is 5.92 Å². The zero-order valence-electron chi connectivity index (χ0n) is 16.5. The predicted octanol–water partition coefficient (Wildman–Crippen LogP) is 4.45. The van der Waals surface area contributed by atoms with Gasteiger partial charge in [-0.2, -0.15) is 16.4 Å². The summed E-state index contributed by atoms with van der Waals surface area (Å²) in [4.78, 5) is 16.4. The topological polar surface area (TPSA) is 69.0 Å². The van der Waals surface area contributed by atoms with Crippen molar-refractivity contribution in [3.05, 3.63) is 35.2 Å². The lowest BCUT2D eigenvalue weighted by Gasteiger charge is -2.28. The molecule has 0 radical (unpaired) electrons. The minimum Gasteiger partial charge on any atom is -0.481 e. The third-order valence-corrected chi connectivity index (χ3v) is 7.47. The van der Waals surface area contributed by atoms with E-state index in [1.54, 1.807) is 17.5 Å². The van der Waals surface area contributed by atoms with E-state index in [0.29, 0.717) is 5.82 Å². The van der Waals surface area contributed by atoms with Crippen LogP contribution in [0.3, 0.4) is 0 Å². The lowest BCUT2D eigenvalue weighted by molar-refractivity contribution is -0.118. The van der Waals surface area contributed by atoms with Crippen LogP contribution in [0.25, 0.3) is 22.4 Å². The van der Waals surface area contributed by atoms with Crippen molar-refractivity contribution >= 4 is 31.1 Å². The number of rotatable bonds is 4. The van der Waals surface area contributed by atoms with E-state index in [-0.39, 0.29) is 11.8 Å². The van der Waals surface area contributed by atoms with Crippen molar-refractivity contribution in [3.8, 4) is 28.3 Å². The van der Waals surface area contributed by atoms with E-state index in [2.05, 4.69) is 40.2 Å². The average Bonchev–Trinajstić information content (AvgIpc) is 3.27. The van der Waals surface area contributed by atoms with Gasteiger partial charge in [-0.15, -0.1) is 0 Å². The van der Waals surface area contributed by atoms with Crippen LogP contribution in [0.1, 0.15) is 13.8 Å². The molecule has 3 aromatic heterocycles. The highest BCUT2D eigenvalue weighted by Gasteiger charge is 2.34. The van der Waals surface area contributed by atoms with Crippen molar-refractivity contribution in [2.24, 2.45) is 5.92 Å². The zero-order chi connectivity index (χ0) is 19.9. The van der Waals surface area contributed by atoms with E-state index in [1.165, 1.54) is 0 Å². The molecule has 0 aromatic carbocycles. The number of fused-ring (bicyclic) bond motifs is 1. The number of pyridine rings is 1. The number of ether oxygens (including phenoxy) is 1. The van der Waals surface area contributed by atoms with Crippen LogP contribution in [-0.4, -0.2) is 35.0 Å². The highest BCUT2D eigenvalue weighted by molar-refractivity contribution is 7.08. The van der Waals surface area contributed by atoms with E-state index >= 15 is 0 Å². The molecule has 28 heavy (non-hydrogen) atoms. The number of anilines is 1. The molecule has 1 aliphatic rings. The highest BCUT2D eigenvalue weighted by Crippen LogP contribution is 2.42. The van der Waals surface area contributed by atoms with E-state index in [1.807, 2.05) is 30.7 Å². The fourth-order valence-corrected chi connectivity index (χ4v) is 5.49. The average molecular weight is 413 g/mol. The molecule has 4 heterocycles. The Hall–Kier alpha value is -2.45. The Morgan fingerprint density at radius 2 is 2.14 bits per heavy atom. The van der Waals surface area contributed by atoms with Crippen LogP contribution in [0.5, 0.6) is 5.88 Å². The molecule has 1 amide bonds. The Bertz CT molecular complexity index is 1010. The number of aromatic nitrogens is 3. The summed E-state index contributed by atoms with van der Waals surface area (Å²) in [5.41, 5.74) is 3.90. The van der Waals surface area contributed by atoms with Crippen LogP contribution in [0.2, 0.25) is 13.1 Å². The molecule has 3 aromatic rings. The van der Waals surface area contributed by atoms with E-state index in [0.717, 1.165) is 40.7 Å². The van der Waals surface area contributed by atoms with Crippen molar-refractivity contribution in [1.29, 1.82) is 0 Å². The van der Waals surface area contributed by atoms with Gasteiger partial charge in [-0.1, -0.05) is 26.9 Å². The third kappa shape index (κ3) is 3.61. The second kappa shape index (κ2) is 7.18. The Morgan fingerprint density at radius 3 is 2.86 bits per heavy atom. The second-order valence-electron chi connectivity index (χ2n) is 8.23. The van der Waals surface area contributed by atoms with Gasteiger partial charge >= 0.3 is 0 Å². The normalized spacial score (nSPS) is 15.2. The predicted molar refractivity (Wildman–Crippen MR) is 115 cm³/mol. The van der Waals surface area contributed by atoms with Crippen molar-refractivity contribution in [2.45, 2.75) is 33.1 Å². The number of thiophene rings is 1. The molecule has 0 atom stereocenters. The smallest absolute Gasteiger partial charge is 0.228 e. The van der Waals surface area contributed by atoms with Crippen LogP contribution >= 0.6 is 11.3 Å². The minimum atomic E-state index is -1.47. The number of amides is 1. The van der Waals surface area contributed by atoms with E-state index < -0.39 is 8.07 Å². The molecule has 1 N–H and O–H groups in total. The summed E-state index contributed by atoms with van der Waals surface area (Å²) < 4.78 is 8.24. The van der Waals surface area contributed by atoms with Gasteiger partial charge in [-0.05, 0) is 29.1 Å². The molecule has 0 saturated carbocycles. The maximum Gasteiger partial charge on any atom is 0.228 e. The number of carbonyl (C=O) groups excluding carboxylic acids is 1. The van der Waals surface area contributed by atoms with Crippen molar-refractivity contribution in [2.75, 3.05) is 11.5 Å². The molecule has 0 aliphatic carbocycles. The lowest BCUT2D eigenvalue weighted by Crippen LogP contribution is -2.44. The molecule has 4 rings (SSSR count). The maximum absolute atomic E-state index is 12.1. The highest BCUT2D eigenvalue weighted by atomic mass is 32.1. The molecular formula is C20H24N4O2SSi. The van der Waals surface area contributed by atoms with Gasteiger partial charge in [0, 0.05) is 29.2 Å². The van der Waals surface area contributed by atoms with Gasteiger partial charge in [-0.3, -0.25) is 4.79 Å². The first-order valence-corrected chi connectivity index (χ1v) is 13.7. The summed E-state index contributed by atoms with van der Waals surface area (Å²) in [6.45, 7) is 8.35. The molecule has 1 aliphatic heterocycles. The molecule has 0 unspecified atom stereocenters. The molecular weight excluding hydrogens is 388 g/mol.